The Bertz CT molecular complexity index is 1240. The van der Waals surface area contributed by atoms with Crippen LogP contribution in [0.3, 0.4) is 0 Å². The lowest BCUT2D eigenvalue weighted by Gasteiger charge is -2.43. The van der Waals surface area contributed by atoms with Crippen LogP contribution in [0.1, 0.15) is 37.6 Å². The van der Waals surface area contributed by atoms with Crippen molar-refractivity contribution in [2.45, 2.75) is 51.1 Å². The van der Waals surface area contributed by atoms with Crippen LogP contribution in [0, 0.1) is 12.7 Å². The molecule has 4 N–H and O–H groups in total. The van der Waals surface area contributed by atoms with Gasteiger partial charge in [-0.05, 0) is 38.8 Å². The van der Waals surface area contributed by atoms with Crippen molar-refractivity contribution in [1.29, 1.82) is 0 Å². The average Bonchev–Trinajstić information content (AvgIpc) is 3.44. The van der Waals surface area contributed by atoms with Crippen molar-refractivity contribution in [3.05, 3.63) is 53.9 Å². The zero-order valence-electron chi connectivity index (χ0n) is 20.2. The lowest BCUT2D eigenvalue weighted by molar-refractivity contribution is -0.135. The van der Waals surface area contributed by atoms with Crippen molar-refractivity contribution in [1.82, 2.24) is 40.9 Å². The molecule has 0 saturated carbocycles. The maximum atomic E-state index is 15.4. The minimum Gasteiger partial charge on any atom is -0.353 e. The van der Waals surface area contributed by atoms with E-state index in [1.165, 1.54) is 10.9 Å². The summed E-state index contributed by atoms with van der Waals surface area (Å²) in [5.41, 5.74) is 5.66. The molecular formula is C23H28F2N10O. The second-order valence-electron chi connectivity index (χ2n) is 9.39. The summed E-state index contributed by atoms with van der Waals surface area (Å²) in [5, 5.41) is 9.89. The summed E-state index contributed by atoms with van der Waals surface area (Å²) in [6, 6.07) is 5.07. The van der Waals surface area contributed by atoms with Crippen molar-refractivity contribution in [2.24, 2.45) is 0 Å². The smallest absolute Gasteiger partial charge is 0.261 e. The summed E-state index contributed by atoms with van der Waals surface area (Å²) >= 11 is 0. The summed E-state index contributed by atoms with van der Waals surface area (Å²) in [5.74, 6) is 0.269. The zero-order valence-corrected chi connectivity index (χ0v) is 20.2. The molecule has 2 unspecified atom stereocenters. The zero-order chi connectivity index (χ0) is 25.4. The summed E-state index contributed by atoms with van der Waals surface area (Å²) < 4.78 is 29.8. The fraction of sp³-hybridized carbons (Fsp3) is 0.435. The Morgan fingerprint density at radius 1 is 1.25 bits per heavy atom. The fourth-order valence-electron chi connectivity index (χ4n) is 4.22. The van der Waals surface area contributed by atoms with Gasteiger partial charge in [0.1, 0.15) is 5.82 Å². The molecule has 3 aromatic heterocycles. The highest BCUT2D eigenvalue weighted by Crippen LogP contribution is 2.31. The minimum atomic E-state index is -2.05. The van der Waals surface area contributed by atoms with E-state index < -0.39 is 23.4 Å². The van der Waals surface area contributed by atoms with Crippen LogP contribution in [0.4, 0.5) is 20.5 Å². The van der Waals surface area contributed by atoms with Gasteiger partial charge in [-0.25, -0.2) is 28.9 Å². The third-order valence-electron chi connectivity index (χ3n) is 6.23. The quantitative estimate of drug-likeness (QED) is 0.384. The summed E-state index contributed by atoms with van der Waals surface area (Å²) in [4.78, 5) is 27.6. The molecule has 5 rings (SSSR count). The Kier molecular flexibility index (Phi) is 6.26. The number of carbonyl (C=O) groups is 1. The number of rotatable bonds is 7. The first kappa shape index (κ1) is 24.0. The maximum Gasteiger partial charge on any atom is 0.261 e. The lowest BCUT2D eigenvalue weighted by Crippen LogP contribution is -2.66. The normalized spacial score (nSPS) is 21.6. The van der Waals surface area contributed by atoms with Crippen LogP contribution in [-0.2, 0) is 4.79 Å². The van der Waals surface area contributed by atoms with Gasteiger partial charge in [0, 0.05) is 24.0 Å². The van der Waals surface area contributed by atoms with E-state index in [1.807, 2.05) is 13.0 Å². The number of carbonyl (C=O) groups excluding carboxylic acids is 1. The number of hydrazine groups is 1. The van der Waals surface area contributed by atoms with E-state index in [0.717, 1.165) is 18.3 Å². The van der Waals surface area contributed by atoms with Crippen LogP contribution in [0.5, 0.6) is 0 Å². The predicted octanol–water partition coefficient (Wildman–Crippen LogP) is 1.53. The number of halogens is 2. The van der Waals surface area contributed by atoms with Crippen LogP contribution in [0.25, 0.3) is 5.82 Å². The summed E-state index contributed by atoms with van der Waals surface area (Å²) in [7, 11) is 0. The Morgan fingerprint density at radius 3 is 2.69 bits per heavy atom. The second kappa shape index (κ2) is 9.39. The number of alkyl halides is 1. The van der Waals surface area contributed by atoms with Gasteiger partial charge in [-0.1, -0.05) is 6.07 Å². The Balaban J connectivity index is 1.18. The van der Waals surface area contributed by atoms with Gasteiger partial charge in [-0.2, -0.15) is 10.1 Å². The van der Waals surface area contributed by atoms with Gasteiger partial charge in [0.25, 0.3) is 5.91 Å². The van der Waals surface area contributed by atoms with E-state index in [0.29, 0.717) is 29.2 Å². The summed E-state index contributed by atoms with van der Waals surface area (Å²) in [6.07, 6.45) is 4.75. The van der Waals surface area contributed by atoms with Crippen LogP contribution < -0.4 is 26.4 Å². The second-order valence-corrected chi connectivity index (χ2v) is 9.39. The highest BCUT2D eigenvalue weighted by atomic mass is 19.1. The minimum absolute atomic E-state index is 0.0235. The summed E-state index contributed by atoms with van der Waals surface area (Å²) in [6.45, 7) is 5.38. The predicted molar refractivity (Wildman–Crippen MR) is 128 cm³/mol. The first-order valence-corrected chi connectivity index (χ1v) is 11.7. The molecule has 11 nitrogen and oxygen atoms in total. The lowest BCUT2D eigenvalue weighted by atomic mass is 9.95. The van der Waals surface area contributed by atoms with Crippen molar-refractivity contribution < 1.29 is 13.6 Å². The van der Waals surface area contributed by atoms with E-state index in [-0.39, 0.29) is 19.3 Å². The van der Waals surface area contributed by atoms with E-state index in [2.05, 4.69) is 48.5 Å². The van der Waals surface area contributed by atoms with Crippen molar-refractivity contribution >= 4 is 17.7 Å². The van der Waals surface area contributed by atoms with Gasteiger partial charge < -0.3 is 15.5 Å². The molecule has 2 saturated heterocycles. The molecule has 2 aliphatic rings. The Labute approximate surface area is 206 Å². The molecule has 0 radical (unpaired) electrons. The van der Waals surface area contributed by atoms with Gasteiger partial charge >= 0.3 is 0 Å². The SMILES string of the molecule is Cc1cc(NC2CC(C)NN2)nc(N2CC(F)(C(=O)N[C@@H](C)c3ccc(-n4cc(F)cn4)nc3)C2)n1. The van der Waals surface area contributed by atoms with Crippen LogP contribution in [-0.4, -0.2) is 61.6 Å². The molecule has 2 fully saturated rings. The molecular weight excluding hydrogens is 470 g/mol. The fourth-order valence-corrected chi connectivity index (χ4v) is 4.22. The van der Waals surface area contributed by atoms with Crippen LogP contribution in [0.15, 0.2) is 36.8 Å². The van der Waals surface area contributed by atoms with Crippen molar-refractivity contribution in [3.63, 3.8) is 0 Å². The van der Waals surface area contributed by atoms with Crippen LogP contribution >= 0.6 is 0 Å². The van der Waals surface area contributed by atoms with Crippen LogP contribution in [0.2, 0.25) is 0 Å². The van der Waals surface area contributed by atoms with Gasteiger partial charge in [-0.15, -0.1) is 0 Å². The standard InChI is InChI=1S/C23H28F2N10O/c1-13-6-18(30-19-7-14(2)32-33-19)31-22(28-13)34-11-23(25,12-34)21(36)29-15(3)16-4-5-20(26-8-16)35-10-17(24)9-27-35/h4-6,8-10,14-15,19,32-33H,7,11-12H2,1-3H3,(H,29,36)(H,28,30,31)/t14?,15-,19?/m0/s1. The third-order valence-corrected chi connectivity index (χ3v) is 6.23. The number of anilines is 2. The van der Waals surface area contributed by atoms with Crippen molar-refractivity contribution in [3.8, 4) is 5.82 Å². The molecule has 3 aromatic rings. The largest absolute Gasteiger partial charge is 0.353 e. The van der Waals surface area contributed by atoms with Gasteiger partial charge in [0.2, 0.25) is 11.6 Å². The molecule has 3 atom stereocenters. The number of nitrogens with one attached hydrogen (secondary N) is 4. The molecule has 36 heavy (non-hydrogen) atoms. The molecule has 0 aromatic carbocycles. The first-order valence-electron chi connectivity index (χ1n) is 11.7. The highest BCUT2D eigenvalue weighted by molar-refractivity contribution is 5.89. The topological polar surface area (TPSA) is 125 Å². The first-order chi connectivity index (χ1) is 17.2. The molecule has 0 bridgehead atoms. The molecule has 5 heterocycles. The number of amides is 1. The molecule has 2 aliphatic heterocycles. The van der Waals surface area contributed by atoms with Gasteiger partial charge in [-0.3, -0.25) is 10.2 Å². The number of aryl methyl sites for hydroxylation is 1. The average molecular weight is 499 g/mol. The molecule has 0 spiro atoms. The van der Waals surface area contributed by atoms with Crippen molar-refractivity contribution in [2.75, 3.05) is 23.3 Å². The Morgan fingerprint density at radius 2 is 2.06 bits per heavy atom. The van der Waals surface area contributed by atoms with Gasteiger partial charge in [0.05, 0.1) is 37.7 Å². The van der Waals surface area contributed by atoms with E-state index in [4.69, 9.17) is 0 Å². The Hall–Kier alpha value is -3.71. The number of aromatic nitrogens is 5. The van der Waals surface area contributed by atoms with E-state index >= 15 is 4.39 Å². The number of nitrogens with zero attached hydrogens (tertiary/aromatic N) is 6. The third kappa shape index (κ3) is 4.97. The number of pyridine rings is 1. The number of hydrogen-bond acceptors (Lipinski definition) is 9. The molecule has 190 valence electrons. The maximum absolute atomic E-state index is 15.4. The number of hydrogen-bond donors (Lipinski definition) is 4. The van der Waals surface area contributed by atoms with E-state index in [9.17, 15) is 9.18 Å². The highest BCUT2D eigenvalue weighted by Gasteiger charge is 2.51. The monoisotopic (exact) mass is 498 g/mol. The molecule has 0 aliphatic carbocycles. The van der Waals surface area contributed by atoms with E-state index in [1.54, 1.807) is 30.2 Å². The van der Waals surface area contributed by atoms with Gasteiger partial charge in [0.15, 0.2) is 11.6 Å². The molecule has 1 amide bonds. The molecule has 13 heteroatoms.